The van der Waals surface area contributed by atoms with E-state index >= 15 is 0 Å². The summed E-state index contributed by atoms with van der Waals surface area (Å²) in [6.07, 6.45) is 0. The van der Waals surface area contributed by atoms with Crippen LogP contribution in [0.2, 0.25) is 26.2 Å². The molecule has 0 atom stereocenters. The lowest BCUT2D eigenvalue weighted by Gasteiger charge is -2.30. The van der Waals surface area contributed by atoms with Crippen molar-refractivity contribution in [1.82, 2.24) is 0 Å². The Balaban J connectivity index is 0.748. The molecule has 0 unspecified atom stereocenters. The average molecular weight is 1590 g/mol. The maximum Gasteiger partial charge on any atom is 0.160 e. The Morgan fingerprint density at radius 1 is 0.233 bits per heavy atom. The van der Waals surface area contributed by atoms with Crippen LogP contribution in [0.3, 0.4) is 0 Å². The van der Waals surface area contributed by atoms with E-state index < -0.39 is 16.1 Å². The van der Waals surface area contributed by atoms with E-state index in [2.05, 4.69) is 435 Å². The van der Waals surface area contributed by atoms with Gasteiger partial charge in [0.05, 0.1) is 16.8 Å². The number of benzene rings is 17. The third kappa shape index (κ3) is 11.6. The predicted octanol–water partition coefficient (Wildman–Crippen LogP) is 30.5. The monoisotopic (exact) mass is 1580 g/mol. The Hall–Kier alpha value is -12.6. The first kappa shape index (κ1) is 74.9. The van der Waals surface area contributed by atoms with Gasteiger partial charge in [0, 0.05) is 44.5 Å². The second-order valence-corrected chi connectivity index (χ2v) is 47.7. The quantitative estimate of drug-likeness (QED) is 0.128. The van der Waals surface area contributed by atoms with Crippen molar-refractivity contribution in [2.75, 3.05) is 9.80 Å². The molecule has 4 heterocycles. The number of nitrogens with zero attached hydrogens (tertiary/aromatic N) is 2. The zero-order valence-electron chi connectivity index (χ0n) is 71.7. The average Bonchev–Trinajstić information content (AvgIpc) is 1.50. The number of para-hydroxylation sites is 2. The number of rotatable bonds is 10. The van der Waals surface area contributed by atoms with Crippen molar-refractivity contribution in [3.05, 3.63) is 338 Å². The van der Waals surface area contributed by atoms with Gasteiger partial charge in [0.1, 0.15) is 32.9 Å². The molecule has 6 heteroatoms. The highest BCUT2D eigenvalue weighted by molar-refractivity contribution is 7.13. The van der Waals surface area contributed by atoms with E-state index in [1.165, 1.54) is 158 Å². The van der Waals surface area contributed by atoms with Gasteiger partial charge in [-0.05, 0) is 242 Å². The topological polar surface area (TPSA) is 32.8 Å². The van der Waals surface area contributed by atoms with Gasteiger partial charge in [-0.3, -0.25) is 0 Å². The van der Waals surface area contributed by atoms with E-state index in [4.69, 9.17) is 8.83 Å². The first-order chi connectivity index (χ1) is 57.6. The van der Waals surface area contributed by atoms with Crippen molar-refractivity contribution in [2.45, 2.75) is 131 Å². The van der Waals surface area contributed by atoms with Crippen molar-refractivity contribution >= 4 is 158 Å². The summed E-state index contributed by atoms with van der Waals surface area (Å²) in [5.41, 5.74) is 30.0. The molecule has 0 saturated heterocycles. The molecule has 0 fully saturated rings. The van der Waals surface area contributed by atoms with Crippen LogP contribution >= 0.6 is 0 Å². The van der Waals surface area contributed by atoms with Gasteiger partial charge >= 0.3 is 0 Å². The van der Waals surface area contributed by atoms with E-state index in [1.54, 1.807) is 0 Å². The fourth-order valence-electron chi connectivity index (χ4n) is 21.1. The molecule has 4 nitrogen and oxygen atoms in total. The minimum atomic E-state index is -2.77. The van der Waals surface area contributed by atoms with Crippen LogP contribution in [0.1, 0.15) is 105 Å². The lowest BCUT2D eigenvalue weighted by Crippen LogP contribution is -2.63. The molecule has 0 bridgehead atoms. The maximum atomic E-state index is 7.59. The van der Waals surface area contributed by atoms with Gasteiger partial charge in [-0.2, -0.15) is 0 Å². The standard InChI is InChI=1S/C114H100N2O2Si2/c1-111(2,3)93-63-59-77(81-29-17-21-33-85(81)93)69-41-49-73(50-42-69)115(74-51-43-70(44-52-74)78-60-64-94(112(4,5)6)86-34-22-18-30-82(78)86)97-67-102-105(108-103(97)89-37-25-27-39-99(89)118-108)92-58-57-91-104-101(119(13,14)109(91)110(92)120(102,15)16)68-98(107-106(104)90-38-26-28-40-100(90)117-107)116(75-53-45-71(46-54-75)79-61-65-95(113(7,8)9)87-35-23-19-31-83(79)87)76-55-47-72(48-56-76)80-62-66-96(114(10,11)12)88-36-24-20-32-84(80)88/h17-68H,1-16H3. The van der Waals surface area contributed by atoms with Gasteiger partial charge < -0.3 is 18.6 Å². The molecule has 0 saturated carbocycles. The molecular weight excluding hydrogens is 1490 g/mol. The number of hydrogen-bond acceptors (Lipinski definition) is 4. The maximum absolute atomic E-state index is 7.59. The smallest absolute Gasteiger partial charge is 0.160 e. The van der Waals surface area contributed by atoms with Gasteiger partial charge in [0.2, 0.25) is 0 Å². The van der Waals surface area contributed by atoms with Gasteiger partial charge in [-0.25, -0.2) is 0 Å². The normalized spacial score (nSPS) is 13.8. The molecule has 21 rings (SSSR count). The lowest BCUT2D eigenvalue weighted by atomic mass is 9.82. The van der Waals surface area contributed by atoms with Crippen molar-refractivity contribution in [1.29, 1.82) is 0 Å². The van der Waals surface area contributed by atoms with E-state index in [0.717, 1.165) is 72.6 Å². The first-order valence-corrected chi connectivity index (χ1v) is 48.9. The minimum absolute atomic E-state index is 0.0174. The Morgan fingerprint density at radius 2 is 0.492 bits per heavy atom. The van der Waals surface area contributed by atoms with E-state index in [9.17, 15) is 0 Å². The van der Waals surface area contributed by atoms with Crippen molar-refractivity contribution in [2.24, 2.45) is 0 Å². The molecule has 2 aliphatic heterocycles. The highest BCUT2D eigenvalue weighted by Crippen LogP contribution is 2.54. The summed E-state index contributed by atoms with van der Waals surface area (Å²) in [4.78, 5) is 5.04. The summed E-state index contributed by atoms with van der Waals surface area (Å²) in [5.74, 6) is 0. The Morgan fingerprint density at radius 3 is 0.825 bits per heavy atom. The summed E-state index contributed by atoms with van der Waals surface area (Å²) in [6.45, 7) is 38.4. The van der Waals surface area contributed by atoms with Crippen LogP contribution in [0.4, 0.5) is 34.1 Å². The lowest BCUT2D eigenvalue weighted by molar-refractivity contribution is 0.595. The number of fused-ring (bicyclic) bond motifs is 19. The third-order valence-electron chi connectivity index (χ3n) is 26.8. The number of anilines is 6. The van der Waals surface area contributed by atoms with Crippen LogP contribution in [0.15, 0.2) is 324 Å². The second-order valence-electron chi connectivity index (χ2n) is 39.1. The highest BCUT2D eigenvalue weighted by atomic mass is 28.3. The predicted molar refractivity (Wildman–Crippen MR) is 521 cm³/mol. The van der Waals surface area contributed by atoms with Crippen molar-refractivity contribution in [3.8, 4) is 66.8 Å². The van der Waals surface area contributed by atoms with Crippen LogP contribution < -0.4 is 30.5 Å². The number of hydrogen-bond donors (Lipinski definition) is 0. The first-order valence-electron chi connectivity index (χ1n) is 42.9. The highest BCUT2D eigenvalue weighted by Gasteiger charge is 2.51. The van der Waals surface area contributed by atoms with Crippen LogP contribution in [0, 0.1) is 0 Å². The van der Waals surface area contributed by atoms with Gasteiger partial charge in [0.15, 0.2) is 5.58 Å². The Kier molecular flexibility index (Phi) is 16.8. The SMILES string of the molecule is CC(C)(C)c1ccc(-c2ccc(N(c3ccc(-c4ccc(C(C)(C)C)c5ccccc45)cc3)c3cc4c(c5c3oc3ccccc35)-c3ccc5c(c3[Si]4(C)C)[Si](C)(C)c3cc(N(c4ccc(-c6ccc(C(C)(C)C)c7ccccc67)cc4)c4ccc(-c6ccc(C(C)(C)C)c7ccccc67)cc4)c4c(oc6ccccc64)c3-5)cc2)c2ccccc12. The van der Waals surface area contributed by atoms with E-state index in [-0.39, 0.29) is 21.7 Å². The minimum Gasteiger partial charge on any atom is -0.455 e. The molecule has 0 N–H and O–H groups in total. The van der Waals surface area contributed by atoms with Crippen LogP contribution in [0.5, 0.6) is 0 Å². The fraction of sp³-hybridized carbons (Fsp3) is 0.175. The fourth-order valence-corrected chi connectivity index (χ4v) is 29.5. The Bertz CT molecular complexity index is 7190. The van der Waals surface area contributed by atoms with Crippen LogP contribution in [-0.4, -0.2) is 16.1 Å². The summed E-state index contributed by atoms with van der Waals surface area (Å²) in [5, 5.41) is 20.6. The number of furan rings is 2. The molecule has 19 aromatic rings. The molecule has 0 aliphatic carbocycles. The van der Waals surface area contributed by atoms with Gasteiger partial charge in [-0.15, -0.1) is 0 Å². The molecule has 2 aromatic heterocycles. The van der Waals surface area contributed by atoms with Gasteiger partial charge in [0.25, 0.3) is 0 Å². The van der Waals surface area contributed by atoms with Crippen molar-refractivity contribution < 1.29 is 8.83 Å². The van der Waals surface area contributed by atoms with Gasteiger partial charge in [-0.1, -0.05) is 352 Å². The summed E-state index contributed by atoms with van der Waals surface area (Å²) in [6, 6.07) is 120. The zero-order chi connectivity index (χ0) is 82.6. The van der Waals surface area contributed by atoms with Crippen LogP contribution in [-0.2, 0) is 21.7 Å². The van der Waals surface area contributed by atoms with Crippen molar-refractivity contribution in [3.63, 3.8) is 0 Å². The van der Waals surface area contributed by atoms with Crippen LogP contribution in [0.25, 0.3) is 154 Å². The van der Waals surface area contributed by atoms with E-state index in [0.29, 0.717) is 0 Å². The molecular formula is C114H100N2O2Si2. The Labute approximate surface area is 707 Å². The molecule has 0 amide bonds. The summed E-state index contributed by atoms with van der Waals surface area (Å²) >= 11 is 0. The summed E-state index contributed by atoms with van der Waals surface area (Å²) in [7, 11) is -5.53. The third-order valence-corrected chi connectivity index (χ3v) is 34.0. The summed E-state index contributed by atoms with van der Waals surface area (Å²) < 4.78 is 15.1. The molecule has 2 aliphatic rings. The molecule has 120 heavy (non-hydrogen) atoms. The second kappa shape index (κ2) is 27.0. The molecule has 0 spiro atoms. The molecule has 0 radical (unpaired) electrons. The van der Waals surface area contributed by atoms with E-state index in [1.807, 2.05) is 0 Å². The molecule has 586 valence electrons. The zero-order valence-corrected chi connectivity index (χ0v) is 73.7. The molecule has 17 aromatic carbocycles. The largest absolute Gasteiger partial charge is 0.455 e.